The van der Waals surface area contributed by atoms with Crippen molar-refractivity contribution in [3.8, 4) is 5.75 Å². The Kier molecular flexibility index (Phi) is 5.73. The highest BCUT2D eigenvalue weighted by molar-refractivity contribution is 9.10. The lowest BCUT2D eigenvalue weighted by molar-refractivity contribution is 0.101. The Labute approximate surface area is 137 Å². The Bertz CT molecular complexity index is 472. The van der Waals surface area contributed by atoms with Crippen LogP contribution in [-0.2, 0) is 6.42 Å². The molecule has 2 rings (SSSR count). The van der Waals surface area contributed by atoms with Crippen LogP contribution in [0.4, 0.5) is 0 Å². The molecule has 0 bridgehead atoms. The largest absolute Gasteiger partial charge is 0.496 e. The molecule has 3 heteroatoms. The molecular weight excluding hydrogens is 326 g/mol. The number of nitrogens with one attached hydrogen (secondary N) is 1. The molecule has 1 aromatic carbocycles. The zero-order valence-corrected chi connectivity index (χ0v) is 15.3. The fraction of sp³-hybridized carbons (Fsp3) is 0.667. The highest BCUT2D eigenvalue weighted by Gasteiger charge is 2.37. The van der Waals surface area contributed by atoms with Crippen LogP contribution < -0.4 is 10.1 Å². The lowest BCUT2D eigenvalue weighted by atomic mass is 9.65. The van der Waals surface area contributed by atoms with Gasteiger partial charge in [-0.3, -0.25) is 0 Å². The van der Waals surface area contributed by atoms with E-state index in [1.165, 1.54) is 31.2 Å². The summed E-state index contributed by atoms with van der Waals surface area (Å²) in [6.07, 6.45) is 6.43. The van der Waals surface area contributed by atoms with E-state index in [4.69, 9.17) is 4.74 Å². The standard InChI is InChI=1S/C18H28BrNO/c1-18(2)10-6-5-7-15(18)16(20-3)12-13-11-14(19)8-9-17(13)21-4/h8-9,11,15-16,20H,5-7,10,12H2,1-4H3. The fourth-order valence-electron chi connectivity index (χ4n) is 3.86. The van der Waals surface area contributed by atoms with Gasteiger partial charge in [-0.15, -0.1) is 0 Å². The van der Waals surface area contributed by atoms with Crippen molar-refractivity contribution >= 4 is 15.9 Å². The van der Waals surface area contributed by atoms with Crippen molar-refractivity contribution in [2.45, 2.75) is 52.0 Å². The topological polar surface area (TPSA) is 21.3 Å². The number of likely N-dealkylation sites (N-methyl/N-ethyl adjacent to an activating group) is 1. The molecule has 2 atom stereocenters. The van der Waals surface area contributed by atoms with E-state index in [9.17, 15) is 0 Å². The molecular formula is C18H28BrNO. The van der Waals surface area contributed by atoms with Crippen molar-refractivity contribution in [2.24, 2.45) is 11.3 Å². The molecule has 0 heterocycles. The molecule has 0 aromatic heterocycles. The van der Waals surface area contributed by atoms with Gasteiger partial charge >= 0.3 is 0 Å². The second kappa shape index (κ2) is 7.15. The third-order valence-corrected chi connectivity index (χ3v) is 5.62. The maximum Gasteiger partial charge on any atom is 0.122 e. The summed E-state index contributed by atoms with van der Waals surface area (Å²) in [5, 5.41) is 3.58. The second-order valence-electron chi connectivity index (χ2n) is 6.90. The van der Waals surface area contributed by atoms with Gasteiger partial charge in [-0.25, -0.2) is 0 Å². The zero-order chi connectivity index (χ0) is 15.5. The van der Waals surface area contributed by atoms with E-state index in [0.29, 0.717) is 11.5 Å². The first kappa shape index (κ1) is 16.8. The van der Waals surface area contributed by atoms with Crippen molar-refractivity contribution in [2.75, 3.05) is 14.2 Å². The summed E-state index contributed by atoms with van der Waals surface area (Å²) in [5.41, 5.74) is 1.71. The summed E-state index contributed by atoms with van der Waals surface area (Å²) in [7, 11) is 3.85. The third-order valence-electron chi connectivity index (χ3n) is 5.13. The van der Waals surface area contributed by atoms with Gasteiger partial charge in [0.05, 0.1) is 7.11 Å². The monoisotopic (exact) mass is 353 g/mol. The molecule has 1 fully saturated rings. The van der Waals surface area contributed by atoms with Gasteiger partial charge in [0.25, 0.3) is 0 Å². The number of ether oxygens (including phenoxy) is 1. The average Bonchev–Trinajstić information content (AvgIpc) is 2.45. The van der Waals surface area contributed by atoms with Crippen molar-refractivity contribution < 1.29 is 4.74 Å². The Morgan fingerprint density at radius 2 is 2.14 bits per heavy atom. The van der Waals surface area contributed by atoms with E-state index in [-0.39, 0.29) is 0 Å². The number of methoxy groups -OCH3 is 1. The van der Waals surface area contributed by atoms with Crippen LogP contribution in [0.15, 0.2) is 22.7 Å². The van der Waals surface area contributed by atoms with Crippen LogP contribution in [0.2, 0.25) is 0 Å². The number of hydrogen-bond acceptors (Lipinski definition) is 2. The lowest BCUT2D eigenvalue weighted by Crippen LogP contribution is -2.44. The average molecular weight is 354 g/mol. The molecule has 2 unspecified atom stereocenters. The van der Waals surface area contributed by atoms with E-state index in [1.54, 1.807) is 7.11 Å². The predicted octanol–water partition coefficient (Wildman–Crippen LogP) is 4.80. The Morgan fingerprint density at radius 3 is 2.76 bits per heavy atom. The third kappa shape index (κ3) is 4.01. The van der Waals surface area contributed by atoms with Crippen molar-refractivity contribution in [1.82, 2.24) is 5.32 Å². The molecule has 1 aliphatic carbocycles. The number of hydrogen-bond donors (Lipinski definition) is 1. The minimum absolute atomic E-state index is 0.422. The molecule has 0 amide bonds. The Morgan fingerprint density at radius 1 is 1.38 bits per heavy atom. The minimum Gasteiger partial charge on any atom is -0.496 e. The molecule has 0 radical (unpaired) electrons. The molecule has 0 spiro atoms. The predicted molar refractivity (Wildman–Crippen MR) is 93.0 cm³/mol. The minimum atomic E-state index is 0.422. The highest BCUT2D eigenvalue weighted by atomic mass is 79.9. The molecule has 1 aromatic rings. The normalized spacial score (nSPS) is 22.8. The van der Waals surface area contributed by atoms with Crippen molar-refractivity contribution in [1.29, 1.82) is 0 Å². The van der Waals surface area contributed by atoms with Crippen LogP contribution in [0, 0.1) is 11.3 Å². The van der Waals surface area contributed by atoms with Crippen LogP contribution in [0.1, 0.15) is 45.1 Å². The van der Waals surface area contributed by atoms with E-state index in [1.807, 2.05) is 6.07 Å². The van der Waals surface area contributed by atoms with Crippen molar-refractivity contribution in [3.63, 3.8) is 0 Å². The smallest absolute Gasteiger partial charge is 0.122 e. The summed E-state index contributed by atoms with van der Waals surface area (Å²) in [5.74, 6) is 1.71. The first-order valence-corrected chi connectivity index (χ1v) is 8.77. The molecule has 0 saturated heterocycles. The van der Waals surface area contributed by atoms with Crippen molar-refractivity contribution in [3.05, 3.63) is 28.2 Å². The van der Waals surface area contributed by atoms with E-state index < -0.39 is 0 Å². The van der Waals surface area contributed by atoms with Crippen LogP contribution in [0.25, 0.3) is 0 Å². The van der Waals surface area contributed by atoms with Crippen LogP contribution in [0.3, 0.4) is 0 Å². The molecule has 1 N–H and O–H groups in total. The van der Waals surface area contributed by atoms with Crippen LogP contribution >= 0.6 is 15.9 Å². The number of halogens is 1. The van der Waals surface area contributed by atoms with Gasteiger partial charge in [0.15, 0.2) is 0 Å². The van der Waals surface area contributed by atoms with Crippen LogP contribution in [-0.4, -0.2) is 20.2 Å². The number of rotatable bonds is 5. The summed E-state index contributed by atoms with van der Waals surface area (Å²) < 4.78 is 6.66. The highest BCUT2D eigenvalue weighted by Crippen LogP contribution is 2.43. The summed E-state index contributed by atoms with van der Waals surface area (Å²) in [4.78, 5) is 0. The van der Waals surface area contributed by atoms with E-state index >= 15 is 0 Å². The molecule has 21 heavy (non-hydrogen) atoms. The first-order valence-electron chi connectivity index (χ1n) is 7.97. The lowest BCUT2D eigenvalue weighted by Gasteiger charge is -2.43. The van der Waals surface area contributed by atoms with Gasteiger partial charge in [-0.1, -0.05) is 42.6 Å². The molecule has 118 valence electrons. The van der Waals surface area contributed by atoms with E-state index in [2.05, 4.69) is 54.3 Å². The molecule has 1 saturated carbocycles. The summed E-state index contributed by atoms with van der Waals surface area (Å²) in [6.45, 7) is 4.86. The zero-order valence-electron chi connectivity index (χ0n) is 13.7. The van der Waals surface area contributed by atoms with Gasteiger partial charge < -0.3 is 10.1 Å². The van der Waals surface area contributed by atoms with Gasteiger partial charge in [-0.2, -0.15) is 0 Å². The van der Waals surface area contributed by atoms with E-state index in [0.717, 1.165) is 22.6 Å². The first-order chi connectivity index (χ1) is 9.97. The summed E-state index contributed by atoms with van der Waals surface area (Å²) in [6, 6.07) is 6.79. The van der Waals surface area contributed by atoms with Gasteiger partial charge in [0.2, 0.25) is 0 Å². The SMILES string of the molecule is CNC(Cc1cc(Br)ccc1OC)C1CCCCC1(C)C. The second-order valence-corrected chi connectivity index (χ2v) is 7.81. The number of benzene rings is 1. The molecule has 0 aliphatic heterocycles. The Balaban J connectivity index is 2.21. The molecule has 1 aliphatic rings. The van der Waals surface area contributed by atoms with Crippen LogP contribution in [0.5, 0.6) is 5.75 Å². The maximum absolute atomic E-state index is 5.54. The fourth-order valence-corrected chi connectivity index (χ4v) is 4.26. The Hall–Kier alpha value is -0.540. The van der Waals surface area contributed by atoms with Gasteiger partial charge in [0.1, 0.15) is 5.75 Å². The maximum atomic E-state index is 5.54. The quantitative estimate of drug-likeness (QED) is 0.820. The van der Waals surface area contributed by atoms with Gasteiger partial charge in [-0.05, 0) is 61.4 Å². The van der Waals surface area contributed by atoms with Gasteiger partial charge in [0, 0.05) is 10.5 Å². The summed E-state index contributed by atoms with van der Waals surface area (Å²) >= 11 is 3.58. The molecule has 2 nitrogen and oxygen atoms in total.